The lowest BCUT2D eigenvalue weighted by Crippen LogP contribution is -2.03. The SMILES string of the molecule is CCn1ncc(C(=O)O)c1-c1cc2ccccc2[nH]1. The van der Waals surface area contributed by atoms with Crippen molar-refractivity contribution >= 4 is 16.9 Å². The van der Waals surface area contributed by atoms with Crippen molar-refractivity contribution in [3.8, 4) is 11.4 Å². The number of hydrogen-bond acceptors (Lipinski definition) is 2. The summed E-state index contributed by atoms with van der Waals surface area (Å²) in [6.07, 6.45) is 1.40. The van der Waals surface area contributed by atoms with Crippen molar-refractivity contribution in [2.24, 2.45) is 0 Å². The number of para-hydroxylation sites is 1. The molecule has 0 saturated heterocycles. The third-order valence-corrected chi connectivity index (χ3v) is 3.15. The van der Waals surface area contributed by atoms with Gasteiger partial charge in [-0.15, -0.1) is 0 Å². The number of carboxylic acid groups (broad SMARTS) is 1. The van der Waals surface area contributed by atoms with Gasteiger partial charge in [-0.25, -0.2) is 4.79 Å². The van der Waals surface area contributed by atoms with E-state index in [0.717, 1.165) is 16.6 Å². The van der Waals surface area contributed by atoms with Crippen LogP contribution in [0.1, 0.15) is 17.3 Å². The summed E-state index contributed by atoms with van der Waals surface area (Å²) in [6.45, 7) is 2.56. The van der Waals surface area contributed by atoms with Gasteiger partial charge in [0, 0.05) is 17.4 Å². The molecule has 0 amide bonds. The summed E-state index contributed by atoms with van der Waals surface area (Å²) >= 11 is 0. The molecule has 19 heavy (non-hydrogen) atoms. The Morgan fingerprint density at radius 1 is 1.42 bits per heavy atom. The van der Waals surface area contributed by atoms with E-state index in [2.05, 4.69) is 10.1 Å². The van der Waals surface area contributed by atoms with Crippen LogP contribution < -0.4 is 0 Å². The number of nitrogens with one attached hydrogen (secondary N) is 1. The predicted molar refractivity (Wildman–Crippen MR) is 72.2 cm³/mol. The van der Waals surface area contributed by atoms with Crippen LogP contribution in [0, 0.1) is 0 Å². The highest BCUT2D eigenvalue weighted by molar-refractivity contribution is 5.96. The Balaban J connectivity index is 2.25. The largest absolute Gasteiger partial charge is 0.478 e. The minimum Gasteiger partial charge on any atom is -0.478 e. The van der Waals surface area contributed by atoms with Gasteiger partial charge in [0.15, 0.2) is 0 Å². The van der Waals surface area contributed by atoms with Crippen molar-refractivity contribution in [1.29, 1.82) is 0 Å². The molecule has 96 valence electrons. The second-order valence-electron chi connectivity index (χ2n) is 4.30. The molecule has 0 fully saturated rings. The number of nitrogens with zero attached hydrogens (tertiary/aromatic N) is 2. The highest BCUT2D eigenvalue weighted by Crippen LogP contribution is 2.27. The third-order valence-electron chi connectivity index (χ3n) is 3.15. The van der Waals surface area contributed by atoms with Crippen LogP contribution in [0.3, 0.4) is 0 Å². The van der Waals surface area contributed by atoms with Gasteiger partial charge in [0.2, 0.25) is 0 Å². The fourth-order valence-electron chi connectivity index (χ4n) is 2.27. The Kier molecular flexibility index (Phi) is 2.59. The maximum absolute atomic E-state index is 11.3. The van der Waals surface area contributed by atoms with Gasteiger partial charge in [0.1, 0.15) is 5.56 Å². The number of benzene rings is 1. The topological polar surface area (TPSA) is 70.9 Å². The Hall–Kier alpha value is -2.56. The maximum Gasteiger partial charge on any atom is 0.339 e. The molecule has 3 aromatic rings. The van der Waals surface area contributed by atoms with Crippen LogP contribution in [0.25, 0.3) is 22.3 Å². The van der Waals surface area contributed by atoms with Crippen LogP contribution in [-0.2, 0) is 6.54 Å². The fourth-order valence-corrected chi connectivity index (χ4v) is 2.27. The number of aryl methyl sites for hydroxylation is 1. The fraction of sp³-hybridized carbons (Fsp3) is 0.143. The molecule has 0 aliphatic rings. The van der Waals surface area contributed by atoms with E-state index in [1.807, 2.05) is 37.3 Å². The van der Waals surface area contributed by atoms with E-state index in [1.165, 1.54) is 6.20 Å². The molecule has 0 unspecified atom stereocenters. The van der Waals surface area contributed by atoms with Gasteiger partial charge in [-0.05, 0) is 19.1 Å². The van der Waals surface area contributed by atoms with Gasteiger partial charge in [0.25, 0.3) is 0 Å². The third kappa shape index (κ3) is 1.79. The summed E-state index contributed by atoms with van der Waals surface area (Å²) < 4.78 is 1.69. The summed E-state index contributed by atoms with van der Waals surface area (Å²) in [6, 6.07) is 9.80. The van der Waals surface area contributed by atoms with E-state index >= 15 is 0 Å². The lowest BCUT2D eigenvalue weighted by atomic mass is 10.2. The monoisotopic (exact) mass is 255 g/mol. The van der Waals surface area contributed by atoms with E-state index < -0.39 is 5.97 Å². The number of aromatic amines is 1. The minimum atomic E-state index is -0.964. The zero-order valence-corrected chi connectivity index (χ0v) is 10.4. The second-order valence-corrected chi connectivity index (χ2v) is 4.30. The van der Waals surface area contributed by atoms with Gasteiger partial charge in [-0.1, -0.05) is 18.2 Å². The number of carboxylic acids is 1. The second kappa shape index (κ2) is 4.28. The van der Waals surface area contributed by atoms with E-state index in [9.17, 15) is 9.90 Å². The first-order valence-electron chi connectivity index (χ1n) is 6.08. The minimum absolute atomic E-state index is 0.216. The highest BCUT2D eigenvalue weighted by atomic mass is 16.4. The Bertz CT molecular complexity index is 722. The van der Waals surface area contributed by atoms with E-state index in [0.29, 0.717) is 12.2 Å². The van der Waals surface area contributed by atoms with Gasteiger partial charge in [-0.2, -0.15) is 5.10 Å². The van der Waals surface area contributed by atoms with Crippen molar-refractivity contribution in [1.82, 2.24) is 14.8 Å². The number of carbonyl (C=O) groups is 1. The van der Waals surface area contributed by atoms with Crippen LogP contribution in [0.15, 0.2) is 36.5 Å². The number of hydrogen-bond donors (Lipinski definition) is 2. The van der Waals surface area contributed by atoms with Crippen molar-refractivity contribution in [2.45, 2.75) is 13.5 Å². The Morgan fingerprint density at radius 2 is 2.21 bits per heavy atom. The van der Waals surface area contributed by atoms with Crippen molar-refractivity contribution in [3.05, 3.63) is 42.1 Å². The molecular weight excluding hydrogens is 242 g/mol. The molecule has 0 aliphatic carbocycles. The molecule has 0 aliphatic heterocycles. The van der Waals surface area contributed by atoms with Crippen molar-refractivity contribution in [3.63, 3.8) is 0 Å². The van der Waals surface area contributed by atoms with E-state index in [-0.39, 0.29) is 5.56 Å². The van der Waals surface area contributed by atoms with Gasteiger partial charge < -0.3 is 10.1 Å². The highest BCUT2D eigenvalue weighted by Gasteiger charge is 2.19. The normalized spacial score (nSPS) is 11.0. The molecule has 0 spiro atoms. The molecule has 2 aromatic heterocycles. The average Bonchev–Trinajstić information content (AvgIpc) is 3.01. The van der Waals surface area contributed by atoms with Gasteiger partial charge >= 0.3 is 5.97 Å². The molecule has 5 nitrogen and oxygen atoms in total. The first kappa shape index (κ1) is 11.5. The van der Waals surface area contributed by atoms with Gasteiger partial charge in [0.05, 0.1) is 17.6 Å². The standard InChI is InChI=1S/C14H13N3O2/c1-2-17-13(10(8-15-17)14(18)19)12-7-9-5-3-4-6-11(9)16-12/h3-8,16H,2H2,1H3,(H,18,19). The molecule has 2 heterocycles. The number of aromatic nitrogens is 3. The number of rotatable bonds is 3. The lowest BCUT2D eigenvalue weighted by molar-refractivity contribution is 0.0697. The molecule has 1 aromatic carbocycles. The predicted octanol–water partition coefficient (Wildman–Crippen LogP) is 2.75. The summed E-state index contributed by atoms with van der Waals surface area (Å²) in [5.74, 6) is -0.964. The molecular formula is C14H13N3O2. The van der Waals surface area contributed by atoms with Crippen LogP contribution in [0.2, 0.25) is 0 Å². The average molecular weight is 255 g/mol. The van der Waals surface area contributed by atoms with Crippen molar-refractivity contribution in [2.75, 3.05) is 0 Å². The first-order valence-corrected chi connectivity index (χ1v) is 6.08. The van der Waals surface area contributed by atoms with Crippen LogP contribution in [0.5, 0.6) is 0 Å². The molecule has 0 bridgehead atoms. The van der Waals surface area contributed by atoms with Crippen LogP contribution >= 0.6 is 0 Å². The van der Waals surface area contributed by atoms with Crippen LogP contribution in [0.4, 0.5) is 0 Å². The maximum atomic E-state index is 11.3. The Labute approximate surface area is 109 Å². The van der Waals surface area contributed by atoms with Crippen molar-refractivity contribution < 1.29 is 9.90 Å². The molecule has 0 saturated carbocycles. The molecule has 2 N–H and O–H groups in total. The smallest absolute Gasteiger partial charge is 0.339 e. The van der Waals surface area contributed by atoms with E-state index in [4.69, 9.17) is 0 Å². The molecule has 0 radical (unpaired) electrons. The summed E-state index contributed by atoms with van der Waals surface area (Å²) in [7, 11) is 0. The Morgan fingerprint density at radius 3 is 2.89 bits per heavy atom. The lowest BCUT2D eigenvalue weighted by Gasteiger charge is -2.03. The number of aromatic carboxylic acids is 1. The van der Waals surface area contributed by atoms with E-state index in [1.54, 1.807) is 4.68 Å². The molecule has 0 atom stereocenters. The summed E-state index contributed by atoms with van der Waals surface area (Å²) in [4.78, 5) is 14.5. The summed E-state index contributed by atoms with van der Waals surface area (Å²) in [5.41, 5.74) is 2.59. The number of H-pyrrole nitrogens is 1. The zero-order chi connectivity index (χ0) is 13.4. The zero-order valence-electron chi connectivity index (χ0n) is 10.4. The van der Waals surface area contributed by atoms with Crippen LogP contribution in [-0.4, -0.2) is 25.8 Å². The molecule has 3 rings (SSSR count). The van der Waals surface area contributed by atoms with Gasteiger partial charge in [-0.3, -0.25) is 4.68 Å². The molecule has 5 heteroatoms. The first-order chi connectivity index (χ1) is 9.20. The quantitative estimate of drug-likeness (QED) is 0.756. The summed E-state index contributed by atoms with van der Waals surface area (Å²) in [5, 5.41) is 14.4. The number of fused-ring (bicyclic) bond motifs is 1.